The summed E-state index contributed by atoms with van der Waals surface area (Å²) < 4.78 is 15.5. The fourth-order valence-electron chi connectivity index (χ4n) is 0.579. The maximum atomic E-state index is 5.32. The molecule has 1 aliphatic heterocycles. The summed E-state index contributed by atoms with van der Waals surface area (Å²) in [6, 6.07) is 0. The Balaban J connectivity index is 2.23. The Labute approximate surface area is 52.3 Å². The quantitative estimate of drug-likeness (QED) is 0.444. The van der Waals surface area contributed by atoms with Gasteiger partial charge in [-0.3, -0.25) is 0 Å². The maximum absolute atomic E-state index is 5.32. The number of rotatable bonds is 0. The van der Waals surface area contributed by atoms with E-state index >= 15 is 0 Å². The summed E-state index contributed by atoms with van der Waals surface area (Å²) in [5.74, 6) is 0. The smallest absolute Gasteiger partial charge is 0.311 e. The lowest BCUT2D eigenvalue weighted by Gasteiger charge is -2.23. The molecule has 3 nitrogen and oxygen atoms in total. The van der Waals surface area contributed by atoms with Crippen LogP contribution in [0.3, 0.4) is 0 Å². The molecule has 1 heterocycles. The largest absolute Gasteiger partial charge is 0.419 e. The van der Waals surface area contributed by atoms with Gasteiger partial charge in [-0.1, -0.05) is 0 Å². The van der Waals surface area contributed by atoms with E-state index in [1.165, 1.54) is 0 Å². The van der Waals surface area contributed by atoms with Gasteiger partial charge in [0.1, 0.15) is 6.79 Å². The molecule has 0 spiro atoms. The molecule has 2 unspecified atom stereocenters. The van der Waals surface area contributed by atoms with Gasteiger partial charge in [-0.15, -0.1) is 0 Å². The van der Waals surface area contributed by atoms with Gasteiger partial charge in [0.05, 0.1) is 0 Å². The lowest BCUT2D eigenvalue weighted by molar-refractivity contribution is 0.0516. The highest BCUT2D eigenvalue weighted by atomic mass is 28.4. The first-order valence-corrected chi connectivity index (χ1v) is 6.87. The summed E-state index contributed by atoms with van der Waals surface area (Å²) in [4.78, 5) is 0. The second-order valence-electron chi connectivity index (χ2n) is 1.72. The molecule has 0 aromatic rings. The normalized spacial score (nSPS) is 39.8. The van der Waals surface area contributed by atoms with Gasteiger partial charge >= 0.3 is 18.6 Å². The highest BCUT2D eigenvalue weighted by Gasteiger charge is 2.18. The van der Waals surface area contributed by atoms with Crippen molar-refractivity contribution in [1.29, 1.82) is 0 Å². The van der Waals surface area contributed by atoms with Crippen molar-refractivity contribution in [3.8, 4) is 0 Å². The second kappa shape index (κ2) is 2.74. The third kappa shape index (κ3) is 1.68. The molecule has 0 amide bonds. The van der Waals surface area contributed by atoms with Crippen molar-refractivity contribution in [1.82, 2.24) is 0 Å². The van der Waals surface area contributed by atoms with Gasteiger partial charge in [0, 0.05) is 0 Å². The Kier molecular flexibility index (Phi) is 2.20. The molecule has 48 valence electrons. The molecule has 0 aromatic heterocycles. The summed E-state index contributed by atoms with van der Waals surface area (Å²) >= 11 is 0. The third-order valence-corrected chi connectivity index (χ3v) is 5.27. The van der Waals surface area contributed by atoms with Gasteiger partial charge in [-0.2, -0.15) is 0 Å². The Morgan fingerprint density at radius 3 is 1.88 bits per heavy atom. The number of hydrogen-bond acceptors (Lipinski definition) is 3. The molecule has 0 bridgehead atoms. The van der Waals surface area contributed by atoms with Crippen molar-refractivity contribution in [2.24, 2.45) is 0 Å². The van der Waals surface area contributed by atoms with Crippen LogP contribution >= 0.6 is 0 Å². The molecular formula is C3H10O3Si2. The molecule has 5 heteroatoms. The van der Waals surface area contributed by atoms with E-state index in [0.29, 0.717) is 6.79 Å². The van der Waals surface area contributed by atoms with Crippen molar-refractivity contribution in [3.63, 3.8) is 0 Å². The van der Waals surface area contributed by atoms with Crippen LogP contribution in [-0.4, -0.2) is 25.4 Å². The van der Waals surface area contributed by atoms with Crippen molar-refractivity contribution in [2.45, 2.75) is 13.1 Å². The molecule has 1 aliphatic rings. The molecule has 1 rings (SSSR count). The highest BCUT2D eigenvalue weighted by molar-refractivity contribution is 6.58. The van der Waals surface area contributed by atoms with E-state index in [0.717, 1.165) is 0 Å². The highest BCUT2D eigenvalue weighted by Crippen LogP contribution is 2.01. The monoisotopic (exact) mass is 150 g/mol. The van der Waals surface area contributed by atoms with Gasteiger partial charge in [-0.25, -0.2) is 0 Å². The lowest BCUT2D eigenvalue weighted by atomic mass is 11.6. The molecule has 0 N–H and O–H groups in total. The van der Waals surface area contributed by atoms with E-state index in [1.54, 1.807) is 0 Å². The molecule has 2 atom stereocenters. The van der Waals surface area contributed by atoms with Gasteiger partial charge in [0.2, 0.25) is 0 Å². The summed E-state index contributed by atoms with van der Waals surface area (Å²) in [6.07, 6.45) is 0. The molecule has 0 aromatic carbocycles. The van der Waals surface area contributed by atoms with Crippen molar-refractivity contribution in [3.05, 3.63) is 0 Å². The average Bonchev–Trinajstić information content (AvgIpc) is 1.64. The summed E-state index contributed by atoms with van der Waals surface area (Å²) in [5.41, 5.74) is 0. The van der Waals surface area contributed by atoms with Gasteiger partial charge in [-0.05, 0) is 13.1 Å². The minimum Gasteiger partial charge on any atom is -0.419 e. The predicted octanol–water partition coefficient (Wildman–Crippen LogP) is -0.292. The van der Waals surface area contributed by atoms with E-state index in [2.05, 4.69) is 0 Å². The fraction of sp³-hybridized carbons (Fsp3) is 1.00. The molecule has 1 saturated heterocycles. The van der Waals surface area contributed by atoms with E-state index in [-0.39, 0.29) is 0 Å². The topological polar surface area (TPSA) is 27.7 Å². The predicted molar refractivity (Wildman–Crippen MR) is 34.1 cm³/mol. The zero-order chi connectivity index (χ0) is 5.98. The van der Waals surface area contributed by atoms with Crippen LogP contribution < -0.4 is 0 Å². The van der Waals surface area contributed by atoms with Crippen LogP contribution in [0.25, 0.3) is 0 Å². The SMILES string of the molecule is C[SiH]1OCO[SiH](C)O1. The molecule has 0 saturated carbocycles. The Bertz CT molecular complexity index is 70.9. The molecule has 0 radical (unpaired) electrons. The first-order chi connectivity index (χ1) is 3.79. The first-order valence-electron chi connectivity index (χ1n) is 2.67. The summed E-state index contributed by atoms with van der Waals surface area (Å²) in [5, 5.41) is 0. The second-order valence-corrected chi connectivity index (χ2v) is 5.75. The van der Waals surface area contributed by atoms with Crippen molar-refractivity contribution < 1.29 is 13.0 Å². The summed E-state index contributed by atoms with van der Waals surface area (Å²) in [7, 11) is -2.43. The van der Waals surface area contributed by atoms with Crippen LogP contribution in [0.4, 0.5) is 0 Å². The third-order valence-electron chi connectivity index (χ3n) is 0.989. The number of hydrogen-bond donors (Lipinski definition) is 0. The Hall–Kier alpha value is 0.314. The van der Waals surface area contributed by atoms with E-state index in [4.69, 9.17) is 13.0 Å². The molecule has 0 aliphatic carbocycles. The van der Waals surface area contributed by atoms with Crippen molar-refractivity contribution in [2.75, 3.05) is 6.79 Å². The first kappa shape index (κ1) is 6.43. The molecule has 1 fully saturated rings. The van der Waals surface area contributed by atoms with Crippen LogP contribution in [-0.2, 0) is 13.0 Å². The van der Waals surface area contributed by atoms with Crippen LogP contribution in [0, 0.1) is 0 Å². The van der Waals surface area contributed by atoms with E-state index in [9.17, 15) is 0 Å². The lowest BCUT2D eigenvalue weighted by Crippen LogP contribution is -2.37. The zero-order valence-electron chi connectivity index (χ0n) is 5.09. The van der Waals surface area contributed by atoms with Gasteiger partial charge < -0.3 is 13.0 Å². The molecular weight excluding hydrogens is 140 g/mol. The van der Waals surface area contributed by atoms with E-state index in [1.807, 2.05) is 13.1 Å². The Morgan fingerprint density at radius 2 is 1.62 bits per heavy atom. The minimum absolute atomic E-state index is 0.473. The van der Waals surface area contributed by atoms with Crippen LogP contribution in [0.15, 0.2) is 0 Å². The van der Waals surface area contributed by atoms with E-state index < -0.39 is 18.6 Å². The fourth-order valence-corrected chi connectivity index (χ4v) is 4.06. The maximum Gasteiger partial charge on any atom is 0.311 e. The molecule has 8 heavy (non-hydrogen) atoms. The minimum atomic E-state index is -1.22. The standard InChI is InChI=1S/C3H10O3Si2/c1-7-4-3-5-8(2)6-7/h7-8H,3H2,1-2H3. The zero-order valence-corrected chi connectivity index (χ0v) is 7.40. The average molecular weight is 150 g/mol. The Morgan fingerprint density at radius 1 is 1.12 bits per heavy atom. The van der Waals surface area contributed by atoms with Gasteiger partial charge in [0.25, 0.3) is 0 Å². The van der Waals surface area contributed by atoms with Crippen LogP contribution in [0.1, 0.15) is 0 Å². The summed E-state index contributed by atoms with van der Waals surface area (Å²) in [6.45, 7) is 4.51. The van der Waals surface area contributed by atoms with Crippen molar-refractivity contribution >= 4 is 18.6 Å². The van der Waals surface area contributed by atoms with Gasteiger partial charge in [0.15, 0.2) is 0 Å². The van der Waals surface area contributed by atoms with Crippen LogP contribution in [0.2, 0.25) is 13.1 Å². The van der Waals surface area contributed by atoms with Crippen LogP contribution in [0.5, 0.6) is 0 Å².